The van der Waals surface area contributed by atoms with Crippen molar-refractivity contribution in [2.24, 2.45) is 0 Å². The zero-order valence-electron chi connectivity index (χ0n) is 15.4. The minimum Gasteiger partial charge on any atom is -0.495 e. The number of benzene rings is 2. The van der Waals surface area contributed by atoms with E-state index in [0.717, 1.165) is 29.6 Å². The number of halogens is 2. The highest BCUT2D eigenvalue weighted by Gasteiger charge is 2.38. The van der Waals surface area contributed by atoms with Crippen molar-refractivity contribution >= 4 is 57.2 Å². The number of amides is 1. The number of esters is 1. The maximum atomic E-state index is 12.8. The summed E-state index contributed by atoms with van der Waals surface area (Å²) < 4.78 is 17.8. The Morgan fingerprint density at radius 1 is 1.18 bits per heavy atom. The fourth-order valence-corrected chi connectivity index (χ4v) is 5.58. The molecule has 0 N–H and O–H groups in total. The molecule has 0 saturated carbocycles. The minimum atomic E-state index is -0.722. The zero-order chi connectivity index (χ0) is 20.3. The fraction of sp³-hybridized carbons (Fsp3) is 0.300. The molecule has 28 heavy (non-hydrogen) atoms. The lowest BCUT2D eigenvalue weighted by molar-refractivity contribution is -0.147. The van der Waals surface area contributed by atoms with E-state index < -0.39 is 18.1 Å². The van der Waals surface area contributed by atoms with Crippen molar-refractivity contribution in [3.8, 4) is 5.75 Å². The van der Waals surface area contributed by atoms with E-state index in [2.05, 4.69) is 45.2 Å². The van der Waals surface area contributed by atoms with Crippen molar-refractivity contribution in [1.82, 2.24) is 4.90 Å². The quantitative estimate of drug-likeness (QED) is 0.387. The third-order valence-electron chi connectivity index (χ3n) is 4.60. The first-order valence-corrected chi connectivity index (χ1v) is 10.7. The van der Waals surface area contributed by atoms with Gasteiger partial charge in [0.15, 0.2) is 0 Å². The van der Waals surface area contributed by atoms with Gasteiger partial charge in [-0.1, -0.05) is 30.3 Å². The standard InChI is InChI=1S/C20H19I2NO5/c1-26-18-15(21)8-13-9-16(19(24)27-2)23(10-14(13)17(18)22)20(25)28-11-12-6-4-3-5-7-12/h3-8,16H,9-11H2,1-2H3/t16-/m0/s1. The van der Waals surface area contributed by atoms with Crippen LogP contribution in [0, 0.1) is 7.14 Å². The maximum absolute atomic E-state index is 12.8. The summed E-state index contributed by atoms with van der Waals surface area (Å²) in [6.07, 6.45) is -0.170. The Morgan fingerprint density at radius 2 is 1.89 bits per heavy atom. The molecular formula is C20H19I2NO5. The number of carbonyl (C=O) groups is 2. The van der Waals surface area contributed by atoms with E-state index in [4.69, 9.17) is 14.2 Å². The van der Waals surface area contributed by atoms with Gasteiger partial charge >= 0.3 is 12.1 Å². The maximum Gasteiger partial charge on any atom is 0.411 e. The Kier molecular flexibility index (Phi) is 7.02. The summed E-state index contributed by atoms with van der Waals surface area (Å²) in [7, 11) is 2.95. The first kappa shape index (κ1) is 21.2. The first-order valence-electron chi connectivity index (χ1n) is 8.55. The molecule has 1 amide bonds. The Morgan fingerprint density at radius 3 is 2.54 bits per heavy atom. The van der Waals surface area contributed by atoms with Crippen LogP contribution < -0.4 is 4.74 Å². The summed E-state index contributed by atoms with van der Waals surface area (Å²) in [4.78, 5) is 26.6. The second-order valence-corrected chi connectivity index (χ2v) is 8.50. The average molecular weight is 607 g/mol. The summed E-state index contributed by atoms with van der Waals surface area (Å²) >= 11 is 4.44. The van der Waals surface area contributed by atoms with E-state index in [1.54, 1.807) is 7.11 Å². The van der Waals surface area contributed by atoms with Gasteiger partial charge in [-0.25, -0.2) is 9.59 Å². The molecule has 0 saturated heterocycles. The number of ether oxygens (including phenoxy) is 3. The third kappa shape index (κ3) is 4.37. The highest BCUT2D eigenvalue weighted by Crippen LogP contribution is 2.37. The predicted molar refractivity (Wildman–Crippen MR) is 120 cm³/mol. The largest absolute Gasteiger partial charge is 0.495 e. The van der Waals surface area contributed by atoms with Crippen LogP contribution in [0.15, 0.2) is 36.4 Å². The number of hydrogen-bond donors (Lipinski definition) is 0. The van der Waals surface area contributed by atoms with E-state index >= 15 is 0 Å². The normalized spacial score (nSPS) is 15.6. The number of nitrogens with zero attached hydrogens (tertiary/aromatic N) is 1. The highest BCUT2D eigenvalue weighted by atomic mass is 127. The molecular weight excluding hydrogens is 588 g/mol. The molecule has 0 fully saturated rings. The highest BCUT2D eigenvalue weighted by molar-refractivity contribution is 14.1. The molecule has 0 unspecified atom stereocenters. The van der Waals surface area contributed by atoms with Gasteiger partial charge in [0, 0.05) is 6.42 Å². The molecule has 1 aliphatic heterocycles. The molecule has 2 aromatic rings. The lowest BCUT2D eigenvalue weighted by Gasteiger charge is -2.35. The van der Waals surface area contributed by atoms with Crippen molar-refractivity contribution in [2.45, 2.75) is 25.6 Å². The lowest BCUT2D eigenvalue weighted by Crippen LogP contribution is -2.49. The summed E-state index contributed by atoms with van der Waals surface area (Å²) in [5.74, 6) is 0.317. The molecule has 0 aliphatic carbocycles. The van der Waals surface area contributed by atoms with E-state index in [9.17, 15) is 9.59 Å². The van der Waals surface area contributed by atoms with Crippen LogP contribution in [0.5, 0.6) is 5.75 Å². The average Bonchev–Trinajstić information content (AvgIpc) is 2.71. The second kappa shape index (κ2) is 9.29. The minimum absolute atomic E-state index is 0.143. The zero-order valence-corrected chi connectivity index (χ0v) is 19.7. The number of carbonyl (C=O) groups excluding carboxylic acids is 2. The van der Waals surface area contributed by atoms with Gasteiger partial charge in [0.05, 0.1) is 27.9 Å². The van der Waals surface area contributed by atoms with Crippen molar-refractivity contribution in [3.63, 3.8) is 0 Å². The summed E-state index contributed by atoms with van der Waals surface area (Å²) in [6, 6.07) is 10.7. The molecule has 6 nitrogen and oxygen atoms in total. The van der Waals surface area contributed by atoms with Crippen LogP contribution in [0.3, 0.4) is 0 Å². The molecule has 1 aliphatic rings. The van der Waals surface area contributed by atoms with Crippen LogP contribution in [0.25, 0.3) is 0 Å². The Hall–Kier alpha value is -1.56. The number of methoxy groups -OCH3 is 2. The Bertz CT molecular complexity index is 888. The number of fused-ring (bicyclic) bond motifs is 1. The van der Waals surface area contributed by atoms with E-state index in [-0.39, 0.29) is 13.2 Å². The van der Waals surface area contributed by atoms with Crippen molar-refractivity contribution in [1.29, 1.82) is 0 Å². The van der Waals surface area contributed by atoms with Crippen molar-refractivity contribution in [3.05, 3.63) is 60.2 Å². The van der Waals surface area contributed by atoms with Gasteiger partial charge in [0.2, 0.25) is 0 Å². The molecule has 148 valence electrons. The van der Waals surface area contributed by atoms with E-state index in [0.29, 0.717) is 6.42 Å². The molecule has 0 radical (unpaired) electrons. The van der Waals surface area contributed by atoms with Crippen LogP contribution >= 0.6 is 45.2 Å². The topological polar surface area (TPSA) is 65.1 Å². The molecule has 1 atom stereocenters. The van der Waals surface area contributed by atoms with Crippen molar-refractivity contribution in [2.75, 3.05) is 14.2 Å². The number of hydrogen-bond acceptors (Lipinski definition) is 5. The summed E-state index contributed by atoms with van der Waals surface area (Å²) in [5, 5.41) is 0. The molecule has 3 rings (SSSR count). The van der Waals surface area contributed by atoms with Gasteiger partial charge in [0.1, 0.15) is 18.4 Å². The van der Waals surface area contributed by atoms with Crippen LogP contribution in [0.4, 0.5) is 4.79 Å². The van der Waals surface area contributed by atoms with Gasteiger partial charge in [-0.3, -0.25) is 4.90 Å². The van der Waals surface area contributed by atoms with Gasteiger partial charge in [-0.2, -0.15) is 0 Å². The third-order valence-corrected chi connectivity index (χ3v) is 6.55. The first-order chi connectivity index (χ1) is 13.5. The summed E-state index contributed by atoms with van der Waals surface area (Å²) in [5.41, 5.74) is 2.86. The molecule has 0 aromatic heterocycles. The SMILES string of the molecule is COC(=O)[C@@H]1Cc2cc(I)c(OC)c(I)c2CN1C(=O)OCc1ccccc1. The van der Waals surface area contributed by atoms with Crippen molar-refractivity contribution < 1.29 is 23.8 Å². The van der Waals surface area contributed by atoms with Crippen LogP contribution in [0.1, 0.15) is 16.7 Å². The number of rotatable bonds is 4. The van der Waals surface area contributed by atoms with Gasteiger partial charge in [-0.05, 0) is 67.9 Å². The van der Waals surface area contributed by atoms with E-state index in [1.165, 1.54) is 12.0 Å². The van der Waals surface area contributed by atoms with Gasteiger partial charge < -0.3 is 14.2 Å². The molecule has 0 spiro atoms. The summed E-state index contributed by atoms with van der Waals surface area (Å²) in [6.45, 7) is 0.401. The molecule has 1 heterocycles. The molecule has 8 heteroatoms. The smallest absolute Gasteiger partial charge is 0.411 e. The molecule has 0 bridgehead atoms. The van der Waals surface area contributed by atoms with E-state index in [1.807, 2.05) is 36.4 Å². The Labute approximate surface area is 190 Å². The second-order valence-electron chi connectivity index (χ2n) is 6.25. The predicted octanol–water partition coefficient (Wildman–Crippen LogP) is 4.14. The van der Waals surface area contributed by atoms with Gasteiger partial charge in [-0.15, -0.1) is 0 Å². The Balaban J connectivity index is 1.88. The van der Waals surface area contributed by atoms with Crippen LogP contribution in [-0.2, 0) is 33.8 Å². The fourth-order valence-electron chi connectivity index (χ4n) is 3.17. The van der Waals surface area contributed by atoms with Crippen LogP contribution in [0.2, 0.25) is 0 Å². The van der Waals surface area contributed by atoms with Crippen LogP contribution in [-0.4, -0.2) is 37.2 Å². The molecule has 2 aromatic carbocycles. The monoisotopic (exact) mass is 607 g/mol. The van der Waals surface area contributed by atoms with Gasteiger partial charge in [0.25, 0.3) is 0 Å². The lowest BCUT2D eigenvalue weighted by atomic mass is 9.94.